The topological polar surface area (TPSA) is 94.1 Å². The third kappa shape index (κ3) is 3.37. The molecule has 1 aromatic rings. The number of piperidine rings is 1. The fourth-order valence-electron chi connectivity index (χ4n) is 2.68. The molecule has 0 saturated carbocycles. The number of nitrogens with two attached hydrogens (primary N) is 1. The number of carbonyl (C=O) groups excluding carboxylic acids is 1. The van der Waals surface area contributed by atoms with Gasteiger partial charge in [-0.1, -0.05) is 11.8 Å². The van der Waals surface area contributed by atoms with E-state index in [1.807, 2.05) is 4.90 Å². The normalized spacial score (nSPS) is 22.3. The summed E-state index contributed by atoms with van der Waals surface area (Å²) in [6, 6.07) is 0.511. The van der Waals surface area contributed by atoms with Crippen molar-refractivity contribution in [3.63, 3.8) is 0 Å². The molecule has 7 nitrogen and oxygen atoms in total. The summed E-state index contributed by atoms with van der Waals surface area (Å²) in [5.41, 5.74) is -0.147. The number of hydrogen-bond donors (Lipinski definition) is 1. The fraction of sp³-hybridized carbons (Fsp3) is 0.692. The largest absolute Gasteiger partial charge is 0.337 e. The van der Waals surface area contributed by atoms with E-state index in [2.05, 4.69) is 24.0 Å². The number of nitrogens with zero attached hydrogens (tertiary/aromatic N) is 4. The molecule has 8 heteroatoms. The van der Waals surface area contributed by atoms with Crippen molar-refractivity contribution in [2.75, 3.05) is 11.6 Å². The second kappa shape index (κ2) is 6.46. The number of likely N-dealkylation sites (tertiary alicyclic amines) is 1. The minimum absolute atomic E-state index is 0.0505. The predicted molar refractivity (Wildman–Crippen MR) is 81.5 cm³/mol. The first-order valence-corrected chi connectivity index (χ1v) is 8.05. The van der Waals surface area contributed by atoms with Crippen LogP contribution in [0.1, 0.15) is 38.8 Å². The highest BCUT2D eigenvalue weighted by Gasteiger charge is 2.28. The Balaban J connectivity index is 2.04. The molecule has 116 valence electrons. The van der Waals surface area contributed by atoms with E-state index in [-0.39, 0.29) is 40.2 Å². The zero-order valence-electron chi connectivity index (χ0n) is 12.6. The first-order chi connectivity index (χ1) is 9.91. The Hall–Kier alpha value is -1.57. The highest BCUT2D eigenvalue weighted by molar-refractivity contribution is 7.99. The fourth-order valence-corrected chi connectivity index (χ4v) is 3.40. The lowest BCUT2D eigenvalue weighted by Crippen LogP contribution is -2.48. The van der Waals surface area contributed by atoms with Crippen LogP contribution in [0, 0.1) is 6.92 Å². The lowest BCUT2D eigenvalue weighted by Gasteiger charge is -2.39. The van der Waals surface area contributed by atoms with Crippen LogP contribution in [0.5, 0.6) is 0 Å². The zero-order valence-corrected chi connectivity index (χ0v) is 13.4. The SMILES string of the molecule is Cc1nnc(SCC(=O)N2[C@H](C)CCC[C@@H]2C)n(N)c1=O. The maximum Gasteiger partial charge on any atom is 0.294 e. The predicted octanol–water partition coefficient (Wildman–Crippen LogP) is 0.542. The molecular formula is C13H21N5O2S. The van der Waals surface area contributed by atoms with Gasteiger partial charge in [-0.05, 0) is 40.0 Å². The van der Waals surface area contributed by atoms with Crippen LogP contribution < -0.4 is 11.4 Å². The number of nitrogen functional groups attached to an aromatic ring is 1. The van der Waals surface area contributed by atoms with Gasteiger partial charge >= 0.3 is 0 Å². The van der Waals surface area contributed by atoms with Crippen molar-refractivity contribution in [1.82, 2.24) is 19.8 Å². The molecule has 0 bridgehead atoms. The molecule has 1 aliphatic rings. The van der Waals surface area contributed by atoms with Crippen LogP contribution in [-0.2, 0) is 4.79 Å². The highest BCUT2D eigenvalue weighted by atomic mass is 32.2. The van der Waals surface area contributed by atoms with Crippen molar-refractivity contribution in [2.45, 2.75) is 57.3 Å². The third-order valence-electron chi connectivity index (χ3n) is 3.83. The molecule has 2 N–H and O–H groups in total. The summed E-state index contributed by atoms with van der Waals surface area (Å²) in [4.78, 5) is 26.0. The van der Waals surface area contributed by atoms with Gasteiger partial charge in [-0.15, -0.1) is 10.2 Å². The summed E-state index contributed by atoms with van der Waals surface area (Å²) in [5.74, 6) is 5.92. The van der Waals surface area contributed by atoms with Gasteiger partial charge in [-0.3, -0.25) is 9.59 Å². The Morgan fingerprint density at radius 2 is 1.95 bits per heavy atom. The average molecular weight is 311 g/mol. The molecule has 1 aromatic heterocycles. The summed E-state index contributed by atoms with van der Waals surface area (Å²) in [6.07, 6.45) is 3.23. The molecule has 1 fully saturated rings. The molecule has 0 spiro atoms. The molecule has 21 heavy (non-hydrogen) atoms. The Kier molecular flexibility index (Phi) is 4.87. The van der Waals surface area contributed by atoms with Crippen LogP contribution in [0.15, 0.2) is 9.95 Å². The lowest BCUT2D eigenvalue weighted by atomic mass is 9.98. The average Bonchev–Trinajstić information content (AvgIpc) is 2.44. The third-order valence-corrected chi connectivity index (χ3v) is 4.75. The van der Waals surface area contributed by atoms with Crippen molar-refractivity contribution in [3.05, 3.63) is 16.0 Å². The van der Waals surface area contributed by atoms with Gasteiger partial charge in [0, 0.05) is 12.1 Å². The Bertz CT molecular complexity index is 578. The van der Waals surface area contributed by atoms with Gasteiger partial charge < -0.3 is 10.7 Å². The van der Waals surface area contributed by atoms with Crippen LogP contribution in [0.4, 0.5) is 0 Å². The van der Waals surface area contributed by atoms with E-state index in [9.17, 15) is 9.59 Å². The van der Waals surface area contributed by atoms with Gasteiger partial charge in [0.2, 0.25) is 11.1 Å². The number of amides is 1. The van der Waals surface area contributed by atoms with E-state index in [0.717, 1.165) is 35.7 Å². The van der Waals surface area contributed by atoms with Gasteiger partial charge in [0.25, 0.3) is 5.56 Å². The van der Waals surface area contributed by atoms with Crippen molar-refractivity contribution in [1.29, 1.82) is 0 Å². The van der Waals surface area contributed by atoms with Gasteiger partial charge in [-0.25, -0.2) is 0 Å². The maximum absolute atomic E-state index is 12.4. The van der Waals surface area contributed by atoms with E-state index < -0.39 is 0 Å². The molecule has 2 atom stereocenters. The summed E-state index contributed by atoms with van der Waals surface area (Å²) in [6.45, 7) is 5.70. The van der Waals surface area contributed by atoms with Crippen molar-refractivity contribution in [2.24, 2.45) is 0 Å². The van der Waals surface area contributed by atoms with Gasteiger partial charge in [0.1, 0.15) is 5.69 Å². The Morgan fingerprint density at radius 1 is 1.33 bits per heavy atom. The van der Waals surface area contributed by atoms with Crippen LogP contribution in [0.3, 0.4) is 0 Å². The lowest BCUT2D eigenvalue weighted by molar-refractivity contribution is -0.134. The smallest absolute Gasteiger partial charge is 0.294 e. The monoisotopic (exact) mass is 311 g/mol. The summed E-state index contributed by atoms with van der Waals surface area (Å²) in [7, 11) is 0. The molecule has 2 rings (SSSR count). The maximum atomic E-state index is 12.4. The van der Waals surface area contributed by atoms with Gasteiger partial charge in [-0.2, -0.15) is 4.68 Å². The summed E-state index contributed by atoms with van der Waals surface area (Å²) in [5, 5.41) is 7.89. The standard InChI is InChI=1S/C13H21N5O2S/c1-8-5-4-6-9(2)17(8)11(19)7-21-13-16-15-10(3)12(20)18(13)14/h8-9H,4-7,14H2,1-3H3/t8-,9+. The van der Waals surface area contributed by atoms with Crippen molar-refractivity contribution in [3.8, 4) is 0 Å². The van der Waals surface area contributed by atoms with E-state index in [4.69, 9.17) is 5.84 Å². The number of thioether (sulfide) groups is 1. The Labute approximate surface area is 127 Å². The van der Waals surface area contributed by atoms with E-state index in [1.165, 1.54) is 0 Å². The summed E-state index contributed by atoms with van der Waals surface area (Å²) >= 11 is 1.15. The van der Waals surface area contributed by atoms with E-state index in [1.54, 1.807) is 6.92 Å². The minimum atomic E-state index is -0.389. The minimum Gasteiger partial charge on any atom is -0.337 e. The zero-order chi connectivity index (χ0) is 15.6. The number of hydrogen-bond acceptors (Lipinski definition) is 6. The quantitative estimate of drug-likeness (QED) is 0.647. The van der Waals surface area contributed by atoms with Crippen LogP contribution in [-0.4, -0.2) is 43.5 Å². The molecule has 1 amide bonds. The van der Waals surface area contributed by atoms with Gasteiger partial charge in [0.15, 0.2) is 0 Å². The molecule has 0 radical (unpaired) electrons. The van der Waals surface area contributed by atoms with Crippen LogP contribution >= 0.6 is 11.8 Å². The summed E-state index contributed by atoms with van der Waals surface area (Å²) < 4.78 is 0.948. The second-order valence-corrected chi connectivity index (χ2v) is 6.40. The molecular weight excluding hydrogens is 290 g/mol. The van der Waals surface area contributed by atoms with Crippen molar-refractivity contribution >= 4 is 17.7 Å². The van der Waals surface area contributed by atoms with E-state index >= 15 is 0 Å². The molecule has 1 aliphatic heterocycles. The number of rotatable bonds is 3. The highest BCUT2D eigenvalue weighted by Crippen LogP contribution is 2.24. The Morgan fingerprint density at radius 3 is 2.57 bits per heavy atom. The molecule has 0 aromatic carbocycles. The first kappa shape index (κ1) is 15.8. The second-order valence-electron chi connectivity index (χ2n) is 5.46. The van der Waals surface area contributed by atoms with Crippen LogP contribution in [0.25, 0.3) is 0 Å². The van der Waals surface area contributed by atoms with Crippen molar-refractivity contribution < 1.29 is 4.79 Å². The number of aryl methyl sites for hydroxylation is 1. The molecule has 0 unspecified atom stereocenters. The first-order valence-electron chi connectivity index (χ1n) is 7.07. The molecule has 2 heterocycles. The van der Waals surface area contributed by atoms with E-state index in [0.29, 0.717) is 0 Å². The molecule has 1 saturated heterocycles. The van der Waals surface area contributed by atoms with Gasteiger partial charge in [0.05, 0.1) is 5.75 Å². The molecule has 0 aliphatic carbocycles. The number of carbonyl (C=O) groups is 1. The number of aromatic nitrogens is 3. The van der Waals surface area contributed by atoms with Crippen LogP contribution in [0.2, 0.25) is 0 Å².